The van der Waals surface area contributed by atoms with Crippen LogP contribution in [0.4, 0.5) is 0 Å². The van der Waals surface area contributed by atoms with Gasteiger partial charge < -0.3 is 9.21 Å². The summed E-state index contributed by atoms with van der Waals surface area (Å²) in [4.78, 5) is 21.3. The van der Waals surface area contributed by atoms with Crippen molar-refractivity contribution in [2.24, 2.45) is 0 Å². The van der Waals surface area contributed by atoms with Crippen molar-refractivity contribution in [2.75, 3.05) is 0 Å². The maximum atomic E-state index is 11.3. The standard InChI is InChI=1S/C11H12O3/c12-8-4-2-1-3-6-10(13)11-7-5-9-14-11/h3,5-9H,1-2,4H2/b6-3+. The number of unbranched alkanes of at least 4 members (excludes halogenated alkanes) is 2. The minimum atomic E-state index is -0.138. The summed E-state index contributed by atoms with van der Waals surface area (Å²) in [5, 5.41) is 0. The molecule has 0 saturated heterocycles. The molecule has 0 saturated carbocycles. The van der Waals surface area contributed by atoms with Gasteiger partial charge in [0.05, 0.1) is 6.26 Å². The molecule has 14 heavy (non-hydrogen) atoms. The Kier molecular flexibility index (Phi) is 4.41. The van der Waals surface area contributed by atoms with Crippen molar-refractivity contribution in [3.05, 3.63) is 36.3 Å². The molecule has 0 bridgehead atoms. The molecule has 1 aromatic heterocycles. The fraction of sp³-hybridized carbons (Fsp3) is 0.273. The Hall–Kier alpha value is -1.64. The number of furan rings is 1. The zero-order valence-electron chi connectivity index (χ0n) is 7.81. The van der Waals surface area contributed by atoms with Crippen LogP contribution in [0.1, 0.15) is 29.8 Å². The van der Waals surface area contributed by atoms with Gasteiger partial charge in [0.2, 0.25) is 5.78 Å². The molecule has 0 atom stereocenters. The van der Waals surface area contributed by atoms with Gasteiger partial charge in [-0.15, -0.1) is 0 Å². The second kappa shape index (κ2) is 5.91. The highest BCUT2D eigenvalue weighted by molar-refractivity contribution is 6.02. The van der Waals surface area contributed by atoms with Crippen molar-refractivity contribution in [3.63, 3.8) is 0 Å². The van der Waals surface area contributed by atoms with E-state index in [4.69, 9.17) is 4.42 Å². The summed E-state index contributed by atoms with van der Waals surface area (Å²) in [6, 6.07) is 3.30. The topological polar surface area (TPSA) is 47.3 Å². The molecule has 0 spiro atoms. The van der Waals surface area contributed by atoms with Crippen LogP contribution in [0.25, 0.3) is 0 Å². The molecule has 0 fully saturated rings. The average molecular weight is 192 g/mol. The zero-order chi connectivity index (χ0) is 10.2. The number of carbonyl (C=O) groups excluding carboxylic acids is 2. The molecule has 0 amide bonds. The van der Waals surface area contributed by atoms with E-state index in [2.05, 4.69) is 0 Å². The van der Waals surface area contributed by atoms with Crippen LogP contribution in [0, 0.1) is 0 Å². The lowest BCUT2D eigenvalue weighted by molar-refractivity contribution is -0.107. The van der Waals surface area contributed by atoms with Crippen molar-refractivity contribution in [1.82, 2.24) is 0 Å². The third-order valence-electron chi connectivity index (χ3n) is 1.73. The molecule has 0 radical (unpaired) electrons. The lowest BCUT2D eigenvalue weighted by atomic mass is 10.2. The molecule has 0 aliphatic rings. The minimum absolute atomic E-state index is 0.138. The van der Waals surface area contributed by atoms with Crippen molar-refractivity contribution >= 4 is 12.1 Å². The van der Waals surface area contributed by atoms with Crippen LogP contribution in [0.3, 0.4) is 0 Å². The van der Waals surface area contributed by atoms with Crippen LogP contribution in [0.15, 0.2) is 35.0 Å². The third-order valence-corrected chi connectivity index (χ3v) is 1.73. The van der Waals surface area contributed by atoms with E-state index in [-0.39, 0.29) is 5.78 Å². The van der Waals surface area contributed by atoms with Gasteiger partial charge in [-0.3, -0.25) is 4.79 Å². The van der Waals surface area contributed by atoms with E-state index in [1.54, 1.807) is 18.2 Å². The highest BCUT2D eigenvalue weighted by Crippen LogP contribution is 2.03. The molecule has 1 rings (SSSR count). The van der Waals surface area contributed by atoms with Gasteiger partial charge in [0.1, 0.15) is 6.29 Å². The first-order chi connectivity index (χ1) is 6.84. The van der Waals surface area contributed by atoms with E-state index in [1.165, 1.54) is 12.3 Å². The third kappa shape index (κ3) is 3.39. The average Bonchev–Trinajstić information content (AvgIpc) is 2.70. The van der Waals surface area contributed by atoms with Gasteiger partial charge in [-0.2, -0.15) is 0 Å². The van der Waals surface area contributed by atoms with Crippen molar-refractivity contribution in [3.8, 4) is 0 Å². The Bertz CT molecular complexity index is 309. The van der Waals surface area contributed by atoms with Gasteiger partial charge in [-0.1, -0.05) is 6.08 Å². The molecule has 0 aliphatic carbocycles. The summed E-state index contributed by atoms with van der Waals surface area (Å²) in [7, 11) is 0. The molecule has 0 aliphatic heterocycles. The summed E-state index contributed by atoms with van der Waals surface area (Å²) >= 11 is 0. The minimum Gasteiger partial charge on any atom is -0.461 e. The Morgan fingerprint density at radius 3 is 2.93 bits per heavy atom. The van der Waals surface area contributed by atoms with Crippen molar-refractivity contribution in [2.45, 2.75) is 19.3 Å². The van der Waals surface area contributed by atoms with Crippen LogP contribution in [-0.4, -0.2) is 12.1 Å². The predicted molar refractivity (Wildman–Crippen MR) is 52.1 cm³/mol. The number of rotatable bonds is 6. The maximum Gasteiger partial charge on any atom is 0.220 e. The first kappa shape index (κ1) is 10.4. The lowest BCUT2D eigenvalue weighted by Crippen LogP contribution is -1.90. The molecule has 0 aromatic carbocycles. The number of ketones is 1. The monoisotopic (exact) mass is 192 g/mol. The Balaban J connectivity index is 2.30. The molecule has 1 aromatic rings. The number of allylic oxidation sites excluding steroid dienone is 2. The van der Waals surface area contributed by atoms with E-state index in [9.17, 15) is 9.59 Å². The molecule has 74 valence electrons. The second-order valence-corrected chi connectivity index (χ2v) is 2.84. The highest BCUT2D eigenvalue weighted by Gasteiger charge is 2.02. The second-order valence-electron chi connectivity index (χ2n) is 2.84. The molecular weight excluding hydrogens is 180 g/mol. The summed E-state index contributed by atoms with van der Waals surface area (Å²) in [5.41, 5.74) is 0. The molecule has 0 unspecified atom stereocenters. The predicted octanol–water partition coefficient (Wildman–Crippen LogP) is 2.39. The fourth-order valence-electron chi connectivity index (χ4n) is 1.01. The number of hydrogen-bond donors (Lipinski definition) is 0. The van der Waals surface area contributed by atoms with Gasteiger partial charge in [-0.05, 0) is 31.1 Å². The zero-order valence-corrected chi connectivity index (χ0v) is 7.81. The van der Waals surface area contributed by atoms with E-state index in [0.29, 0.717) is 12.2 Å². The summed E-state index contributed by atoms with van der Waals surface area (Å²) < 4.78 is 4.92. The number of hydrogen-bond acceptors (Lipinski definition) is 3. The molecule has 3 heteroatoms. The van der Waals surface area contributed by atoms with E-state index in [0.717, 1.165) is 19.1 Å². The van der Waals surface area contributed by atoms with Crippen LogP contribution in [-0.2, 0) is 4.79 Å². The summed E-state index contributed by atoms with van der Waals surface area (Å²) in [6.07, 6.45) is 7.64. The van der Waals surface area contributed by atoms with Gasteiger partial charge in [0, 0.05) is 6.42 Å². The lowest BCUT2D eigenvalue weighted by Gasteiger charge is -1.88. The Labute approximate surface area is 82.4 Å². The SMILES string of the molecule is O=CCCC/C=C/C(=O)c1ccco1. The first-order valence-corrected chi connectivity index (χ1v) is 4.52. The molecule has 0 N–H and O–H groups in total. The first-order valence-electron chi connectivity index (χ1n) is 4.52. The molecule has 3 nitrogen and oxygen atoms in total. The van der Waals surface area contributed by atoms with E-state index >= 15 is 0 Å². The quantitative estimate of drug-likeness (QED) is 0.301. The fourth-order valence-corrected chi connectivity index (χ4v) is 1.01. The summed E-state index contributed by atoms with van der Waals surface area (Å²) in [5.74, 6) is 0.206. The smallest absolute Gasteiger partial charge is 0.220 e. The Morgan fingerprint density at radius 2 is 2.29 bits per heavy atom. The van der Waals surface area contributed by atoms with Gasteiger partial charge in [0.25, 0.3) is 0 Å². The highest BCUT2D eigenvalue weighted by atomic mass is 16.3. The Morgan fingerprint density at radius 1 is 1.43 bits per heavy atom. The van der Waals surface area contributed by atoms with Crippen LogP contribution < -0.4 is 0 Å². The molecule has 1 heterocycles. The maximum absolute atomic E-state index is 11.3. The van der Waals surface area contributed by atoms with Gasteiger partial charge >= 0.3 is 0 Å². The van der Waals surface area contributed by atoms with E-state index < -0.39 is 0 Å². The largest absolute Gasteiger partial charge is 0.461 e. The normalized spacial score (nSPS) is 10.6. The van der Waals surface area contributed by atoms with Crippen LogP contribution in [0.5, 0.6) is 0 Å². The van der Waals surface area contributed by atoms with Crippen LogP contribution >= 0.6 is 0 Å². The van der Waals surface area contributed by atoms with Crippen LogP contribution in [0.2, 0.25) is 0 Å². The number of carbonyl (C=O) groups is 2. The van der Waals surface area contributed by atoms with Crippen molar-refractivity contribution in [1.29, 1.82) is 0 Å². The van der Waals surface area contributed by atoms with E-state index in [1.807, 2.05) is 0 Å². The summed E-state index contributed by atoms with van der Waals surface area (Å²) in [6.45, 7) is 0. The van der Waals surface area contributed by atoms with Gasteiger partial charge in [-0.25, -0.2) is 0 Å². The number of aldehydes is 1. The van der Waals surface area contributed by atoms with Crippen molar-refractivity contribution < 1.29 is 14.0 Å². The molecular formula is C11H12O3. The van der Waals surface area contributed by atoms with Gasteiger partial charge in [0.15, 0.2) is 5.76 Å².